The first-order valence-electron chi connectivity index (χ1n) is 4.49. The Morgan fingerprint density at radius 2 is 1.79 bits per heavy atom. The predicted molar refractivity (Wildman–Crippen MR) is 58.1 cm³/mol. The molecule has 0 fully saturated rings. The lowest BCUT2D eigenvalue weighted by Gasteiger charge is -2.02. The van der Waals surface area contributed by atoms with Crippen LogP contribution in [-0.4, -0.2) is 30.5 Å². The SMILES string of the molecule is CNc1ccc(C=C(CO)CO)cc1. The molecule has 1 aromatic carbocycles. The fourth-order valence-electron chi connectivity index (χ4n) is 1.12. The van der Waals surface area contributed by atoms with Crippen molar-refractivity contribution in [1.29, 1.82) is 0 Å². The maximum absolute atomic E-state index is 8.85. The highest BCUT2D eigenvalue weighted by Crippen LogP contribution is 2.11. The number of hydrogen-bond acceptors (Lipinski definition) is 3. The summed E-state index contributed by atoms with van der Waals surface area (Å²) in [6, 6.07) is 7.74. The molecule has 3 N–H and O–H groups in total. The van der Waals surface area contributed by atoms with Gasteiger partial charge in [-0.25, -0.2) is 0 Å². The Kier molecular flexibility index (Phi) is 4.16. The summed E-state index contributed by atoms with van der Waals surface area (Å²) < 4.78 is 0. The lowest BCUT2D eigenvalue weighted by molar-refractivity contribution is 0.278. The molecule has 0 amide bonds. The molecule has 14 heavy (non-hydrogen) atoms. The topological polar surface area (TPSA) is 52.5 Å². The van der Waals surface area contributed by atoms with Crippen LogP contribution < -0.4 is 5.32 Å². The molecule has 3 heteroatoms. The molecule has 0 saturated carbocycles. The zero-order chi connectivity index (χ0) is 10.4. The fourth-order valence-corrected chi connectivity index (χ4v) is 1.12. The molecule has 0 bridgehead atoms. The van der Waals surface area contributed by atoms with Gasteiger partial charge >= 0.3 is 0 Å². The quantitative estimate of drug-likeness (QED) is 0.671. The van der Waals surface area contributed by atoms with E-state index in [0.717, 1.165) is 11.3 Å². The van der Waals surface area contributed by atoms with Gasteiger partial charge in [0.25, 0.3) is 0 Å². The smallest absolute Gasteiger partial charge is 0.0667 e. The van der Waals surface area contributed by atoms with Gasteiger partial charge in [-0.05, 0) is 23.3 Å². The van der Waals surface area contributed by atoms with Gasteiger partial charge in [0, 0.05) is 12.7 Å². The summed E-state index contributed by atoms with van der Waals surface area (Å²) in [5.74, 6) is 0. The maximum atomic E-state index is 8.85. The number of nitrogens with one attached hydrogen (secondary N) is 1. The third-order valence-electron chi connectivity index (χ3n) is 1.98. The van der Waals surface area contributed by atoms with Crippen LogP contribution in [0.4, 0.5) is 5.69 Å². The van der Waals surface area contributed by atoms with Gasteiger partial charge < -0.3 is 15.5 Å². The minimum atomic E-state index is -0.107. The Hall–Kier alpha value is -1.32. The zero-order valence-corrected chi connectivity index (χ0v) is 8.20. The highest BCUT2D eigenvalue weighted by atomic mass is 16.3. The molecular weight excluding hydrogens is 178 g/mol. The second kappa shape index (κ2) is 5.42. The average Bonchev–Trinajstić information content (AvgIpc) is 2.26. The van der Waals surface area contributed by atoms with E-state index >= 15 is 0 Å². The number of benzene rings is 1. The van der Waals surface area contributed by atoms with E-state index in [1.807, 2.05) is 31.3 Å². The van der Waals surface area contributed by atoms with Crippen LogP contribution in [0.15, 0.2) is 29.8 Å². The molecule has 0 radical (unpaired) electrons. The largest absolute Gasteiger partial charge is 0.392 e. The van der Waals surface area contributed by atoms with Gasteiger partial charge in [0.1, 0.15) is 0 Å². The van der Waals surface area contributed by atoms with Gasteiger partial charge in [-0.3, -0.25) is 0 Å². The lowest BCUT2D eigenvalue weighted by Crippen LogP contribution is -1.95. The number of hydrogen-bond donors (Lipinski definition) is 3. The predicted octanol–water partition coefficient (Wildman–Crippen LogP) is 1.10. The average molecular weight is 193 g/mol. The molecule has 76 valence electrons. The van der Waals surface area contributed by atoms with E-state index in [0.29, 0.717) is 5.57 Å². The molecule has 0 atom stereocenters. The Labute approximate surface area is 83.7 Å². The van der Waals surface area contributed by atoms with Crippen LogP contribution in [0.5, 0.6) is 0 Å². The third kappa shape index (κ3) is 2.87. The molecule has 0 heterocycles. The Bertz CT molecular complexity index is 298. The van der Waals surface area contributed by atoms with E-state index in [2.05, 4.69) is 5.32 Å². The van der Waals surface area contributed by atoms with E-state index in [4.69, 9.17) is 10.2 Å². The second-order valence-corrected chi connectivity index (χ2v) is 2.99. The highest BCUT2D eigenvalue weighted by Gasteiger charge is 1.94. The Morgan fingerprint density at radius 1 is 1.21 bits per heavy atom. The van der Waals surface area contributed by atoms with Crippen LogP contribution in [0.3, 0.4) is 0 Å². The molecule has 1 aromatic rings. The van der Waals surface area contributed by atoms with Crippen molar-refractivity contribution >= 4 is 11.8 Å². The zero-order valence-electron chi connectivity index (χ0n) is 8.20. The summed E-state index contributed by atoms with van der Waals surface area (Å²) in [5.41, 5.74) is 2.63. The van der Waals surface area contributed by atoms with Crippen LogP contribution in [0, 0.1) is 0 Å². The first kappa shape index (κ1) is 10.8. The normalized spacial score (nSPS) is 9.64. The second-order valence-electron chi connectivity index (χ2n) is 2.99. The van der Waals surface area contributed by atoms with Crippen molar-refractivity contribution in [2.24, 2.45) is 0 Å². The highest BCUT2D eigenvalue weighted by molar-refractivity contribution is 5.57. The molecule has 0 aliphatic heterocycles. The van der Waals surface area contributed by atoms with E-state index in [1.54, 1.807) is 6.08 Å². The maximum Gasteiger partial charge on any atom is 0.0667 e. The summed E-state index contributed by atoms with van der Waals surface area (Å²) >= 11 is 0. The van der Waals surface area contributed by atoms with Crippen LogP contribution in [0.2, 0.25) is 0 Å². The minimum Gasteiger partial charge on any atom is -0.392 e. The van der Waals surface area contributed by atoms with Gasteiger partial charge in [0.15, 0.2) is 0 Å². The Morgan fingerprint density at radius 3 is 2.21 bits per heavy atom. The van der Waals surface area contributed by atoms with Gasteiger partial charge in [0.05, 0.1) is 13.2 Å². The van der Waals surface area contributed by atoms with E-state index in [1.165, 1.54) is 0 Å². The molecular formula is C11H15NO2. The number of aliphatic hydroxyl groups excluding tert-OH is 2. The van der Waals surface area contributed by atoms with Crippen molar-refractivity contribution in [3.05, 3.63) is 35.4 Å². The third-order valence-corrected chi connectivity index (χ3v) is 1.98. The molecule has 0 aliphatic rings. The van der Waals surface area contributed by atoms with Crippen LogP contribution in [0.25, 0.3) is 6.08 Å². The molecule has 0 aliphatic carbocycles. The van der Waals surface area contributed by atoms with Crippen molar-refractivity contribution in [3.8, 4) is 0 Å². The van der Waals surface area contributed by atoms with Crippen LogP contribution in [-0.2, 0) is 0 Å². The summed E-state index contributed by atoms with van der Waals surface area (Å²) in [6.45, 7) is -0.214. The molecule has 0 spiro atoms. The first-order valence-corrected chi connectivity index (χ1v) is 4.49. The van der Waals surface area contributed by atoms with Gasteiger partial charge in [-0.1, -0.05) is 18.2 Å². The minimum absolute atomic E-state index is 0.107. The van der Waals surface area contributed by atoms with Crippen molar-refractivity contribution in [2.75, 3.05) is 25.6 Å². The van der Waals surface area contributed by atoms with Gasteiger partial charge in [0.2, 0.25) is 0 Å². The van der Waals surface area contributed by atoms with Crippen LogP contribution >= 0.6 is 0 Å². The van der Waals surface area contributed by atoms with Crippen LogP contribution in [0.1, 0.15) is 5.56 Å². The van der Waals surface area contributed by atoms with Crippen molar-refractivity contribution in [1.82, 2.24) is 0 Å². The molecule has 3 nitrogen and oxygen atoms in total. The molecule has 0 aromatic heterocycles. The molecule has 1 rings (SSSR count). The van der Waals surface area contributed by atoms with Crippen molar-refractivity contribution < 1.29 is 10.2 Å². The van der Waals surface area contributed by atoms with Gasteiger partial charge in [-0.15, -0.1) is 0 Å². The summed E-state index contributed by atoms with van der Waals surface area (Å²) in [6.07, 6.45) is 1.78. The monoisotopic (exact) mass is 193 g/mol. The standard InChI is InChI=1S/C11H15NO2/c1-12-11-4-2-9(3-5-11)6-10(7-13)8-14/h2-6,12-14H,7-8H2,1H3. The van der Waals surface area contributed by atoms with Gasteiger partial charge in [-0.2, -0.15) is 0 Å². The summed E-state index contributed by atoms with van der Waals surface area (Å²) in [7, 11) is 1.86. The number of anilines is 1. The summed E-state index contributed by atoms with van der Waals surface area (Å²) in [5, 5.41) is 20.7. The van der Waals surface area contributed by atoms with Crippen molar-refractivity contribution in [3.63, 3.8) is 0 Å². The molecule has 0 unspecified atom stereocenters. The Balaban J connectivity index is 2.81. The van der Waals surface area contributed by atoms with Crippen molar-refractivity contribution in [2.45, 2.75) is 0 Å². The lowest BCUT2D eigenvalue weighted by atomic mass is 10.1. The fraction of sp³-hybridized carbons (Fsp3) is 0.273. The number of rotatable bonds is 4. The van der Waals surface area contributed by atoms with E-state index in [9.17, 15) is 0 Å². The van der Waals surface area contributed by atoms with E-state index < -0.39 is 0 Å². The summed E-state index contributed by atoms with van der Waals surface area (Å²) in [4.78, 5) is 0. The molecule has 0 saturated heterocycles. The van der Waals surface area contributed by atoms with E-state index in [-0.39, 0.29) is 13.2 Å². The first-order chi connectivity index (χ1) is 6.80. The number of aliphatic hydroxyl groups is 2.